The normalized spacial score (nSPS) is 10.9. The third-order valence-electron chi connectivity index (χ3n) is 2.46. The summed E-state index contributed by atoms with van der Waals surface area (Å²) in [6, 6.07) is 0. The Morgan fingerprint density at radius 1 is 1.50 bits per heavy atom. The monoisotopic (exact) mass is 264 g/mol. The van der Waals surface area contributed by atoms with Crippen LogP contribution < -0.4 is 5.32 Å². The fourth-order valence-corrected chi connectivity index (χ4v) is 2.60. The SMILES string of the molecule is Cc1nc(C(=O)Nc2cnn(C)c2)c(C(C)C)s1. The number of hydrogen-bond donors (Lipinski definition) is 1. The molecular weight excluding hydrogens is 248 g/mol. The first-order valence-corrected chi connectivity index (χ1v) is 6.56. The molecule has 0 aliphatic carbocycles. The van der Waals surface area contributed by atoms with Crippen molar-refractivity contribution >= 4 is 22.9 Å². The smallest absolute Gasteiger partial charge is 0.275 e. The van der Waals surface area contributed by atoms with Gasteiger partial charge in [-0.05, 0) is 12.8 Å². The van der Waals surface area contributed by atoms with Gasteiger partial charge in [0.25, 0.3) is 5.91 Å². The molecule has 0 bridgehead atoms. The van der Waals surface area contributed by atoms with E-state index in [1.165, 1.54) is 0 Å². The topological polar surface area (TPSA) is 59.8 Å². The Balaban J connectivity index is 2.23. The second-order valence-electron chi connectivity index (χ2n) is 4.46. The van der Waals surface area contributed by atoms with E-state index in [4.69, 9.17) is 0 Å². The van der Waals surface area contributed by atoms with E-state index in [2.05, 4.69) is 29.2 Å². The third-order valence-corrected chi connectivity index (χ3v) is 3.73. The van der Waals surface area contributed by atoms with Crippen LogP contribution in [0.4, 0.5) is 5.69 Å². The highest BCUT2D eigenvalue weighted by molar-refractivity contribution is 7.12. The molecule has 2 rings (SSSR count). The van der Waals surface area contributed by atoms with E-state index in [0.717, 1.165) is 9.88 Å². The third kappa shape index (κ3) is 2.59. The molecule has 0 aliphatic heterocycles. The molecule has 0 radical (unpaired) electrons. The zero-order chi connectivity index (χ0) is 13.3. The lowest BCUT2D eigenvalue weighted by molar-refractivity contribution is 0.102. The summed E-state index contributed by atoms with van der Waals surface area (Å²) in [5, 5.41) is 7.73. The van der Waals surface area contributed by atoms with Gasteiger partial charge in [-0.2, -0.15) is 5.10 Å². The van der Waals surface area contributed by atoms with Crippen LogP contribution >= 0.6 is 11.3 Å². The van der Waals surface area contributed by atoms with Crippen LogP contribution in [0.2, 0.25) is 0 Å². The van der Waals surface area contributed by atoms with Gasteiger partial charge in [-0.3, -0.25) is 9.48 Å². The number of carbonyl (C=O) groups excluding carboxylic acids is 1. The van der Waals surface area contributed by atoms with Gasteiger partial charge >= 0.3 is 0 Å². The summed E-state index contributed by atoms with van der Waals surface area (Å²) in [4.78, 5) is 17.5. The lowest BCUT2D eigenvalue weighted by atomic mass is 10.1. The molecule has 6 heteroatoms. The fraction of sp³-hybridized carbons (Fsp3) is 0.417. The molecule has 0 spiro atoms. The zero-order valence-corrected chi connectivity index (χ0v) is 11.7. The van der Waals surface area contributed by atoms with Crippen molar-refractivity contribution in [2.45, 2.75) is 26.7 Å². The summed E-state index contributed by atoms with van der Waals surface area (Å²) < 4.78 is 1.64. The number of nitrogens with one attached hydrogen (secondary N) is 1. The van der Waals surface area contributed by atoms with Crippen LogP contribution in [0.3, 0.4) is 0 Å². The van der Waals surface area contributed by atoms with Gasteiger partial charge in [0.1, 0.15) is 5.69 Å². The molecule has 1 N–H and O–H groups in total. The van der Waals surface area contributed by atoms with Crippen LogP contribution in [-0.4, -0.2) is 20.7 Å². The van der Waals surface area contributed by atoms with E-state index >= 15 is 0 Å². The summed E-state index contributed by atoms with van der Waals surface area (Å²) in [5.74, 6) is 0.127. The molecule has 1 amide bonds. The zero-order valence-electron chi connectivity index (χ0n) is 10.9. The summed E-state index contributed by atoms with van der Waals surface area (Å²) in [7, 11) is 1.81. The summed E-state index contributed by atoms with van der Waals surface area (Å²) in [6.07, 6.45) is 3.37. The van der Waals surface area contributed by atoms with E-state index in [9.17, 15) is 4.79 Å². The van der Waals surface area contributed by atoms with E-state index in [0.29, 0.717) is 17.3 Å². The minimum Gasteiger partial charge on any atom is -0.318 e. The fourth-order valence-electron chi connectivity index (χ4n) is 1.67. The second-order valence-corrected chi connectivity index (χ2v) is 5.69. The highest BCUT2D eigenvalue weighted by Crippen LogP contribution is 2.26. The van der Waals surface area contributed by atoms with E-state index in [-0.39, 0.29) is 5.91 Å². The molecule has 0 unspecified atom stereocenters. The Kier molecular flexibility index (Phi) is 3.47. The number of rotatable bonds is 3. The van der Waals surface area contributed by atoms with Crippen molar-refractivity contribution in [2.75, 3.05) is 5.32 Å². The maximum Gasteiger partial charge on any atom is 0.275 e. The van der Waals surface area contributed by atoms with Crippen molar-refractivity contribution in [3.8, 4) is 0 Å². The van der Waals surface area contributed by atoms with Crippen molar-refractivity contribution in [1.82, 2.24) is 14.8 Å². The summed E-state index contributed by atoms with van der Waals surface area (Å²) in [5.41, 5.74) is 1.21. The Hall–Kier alpha value is -1.69. The van der Waals surface area contributed by atoms with Crippen LogP contribution in [0.25, 0.3) is 0 Å². The van der Waals surface area contributed by atoms with Gasteiger partial charge in [0.2, 0.25) is 0 Å². The van der Waals surface area contributed by atoms with Gasteiger partial charge in [0.15, 0.2) is 0 Å². The van der Waals surface area contributed by atoms with Crippen molar-refractivity contribution in [2.24, 2.45) is 7.05 Å². The number of aryl methyl sites for hydroxylation is 2. The maximum atomic E-state index is 12.2. The number of thiazole rings is 1. The molecule has 18 heavy (non-hydrogen) atoms. The predicted molar refractivity (Wildman–Crippen MR) is 72.1 cm³/mol. The van der Waals surface area contributed by atoms with Crippen molar-refractivity contribution in [3.05, 3.63) is 28.0 Å². The summed E-state index contributed by atoms with van der Waals surface area (Å²) in [6.45, 7) is 6.04. The number of anilines is 1. The van der Waals surface area contributed by atoms with Crippen molar-refractivity contribution < 1.29 is 4.79 Å². The van der Waals surface area contributed by atoms with Gasteiger partial charge in [0.05, 0.1) is 16.9 Å². The van der Waals surface area contributed by atoms with E-state index < -0.39 is 0 Å². The predicted octanol–water partition coefficient (Wildman–Crippen LogP) is 2.56. The van der Waals surface area contributed by atoms with Crippen LogP contribution in [-0.2, 0) is 7.05 Å². The Labute approximate surface area is 110 Å². The Bertz CT molecular complexity index is 570. The van der Waals surface area contributed by atoms with E-state index in [1.807, 2.05) is 14.0 Å². The van der Waals surface area contributed by atoms with Gasteiger partial charge in [0, 0.05) is 18.1 Å². The molecule has 96 valence electrons. The van der Waals surface area contributed by atoms with E-state index in [1.54, 1.807) is 28.4 Å². The highest BCUT2D eigenvalue weighted by atomic mass is 32.1. The number of amides is 1. The minimum atomic E-state index is -0.170. The lowest BCUT2D eigenvalue weighted by Crippen LogP contribution is -2.14. The number of nitrogens with zero attached hydrogens (tertiary/aromatic N) is 3. The largest absolute Gasteiger partial charge is 0.318 e. The second kappa shape index (κ2) is 4.89. The molecule has 0 aliphatic rings. The molecular formula is C12H16N4OS. The van der Waals surface area contributed by atoms with Crippen LogP contribution in [0.5, 0.6) is 0 Å². The number of hydrogen-bond acceptors (Lipinski definition) is 4. The first kappa shape index (κ1) is 12.8. The average Bonchev–Trinajstić information content (AvgIpc) is 2.85. The van der Waals surface area contributed by atoms with Gasteiger partial charge < -0.3 is 5.32 Å². The standard InChI is InChI=1S/C12H16N4OS/c1-7(2)11-10(14-8(3)18-11)12(17)15-9-5-13-16(4)6-9/h5-7H,1-4H3,(H,15,17). The van der Waals surface area contributed by atoms with Gasteiger partial charge in [-0.1, -0.05) is 13.8 Å². The first-order valence-electron chi connectivity index (χ1n) is 5.74. The van der Waals surface area contributed by atoms with Gasteiger partial charge in [-0.15, -0.1) is 11.3 Å². The minimum absolute atomic E-state index is 0.170. The molecule has 2 heterocycles. The summed E-state index contributed by atoms with van der Waals surface area (Å²) >= 11 is 1.57. The molecule has 0 atom stereocenters. The highest BCUT2D eigenvalue weighted by Gasteiger charge is 2.19. The lowest BCUT2D eigenvalue weighted by Gasteiger charge is -2.05. The molecule has 0 saturated carbocycles. The molecule has 0 aromatic carbocycles. The molecule has 5 nitrogen and oxygen atoms in total. The number of aromatic nitrogens is 3. The average molecular weight is 264 g/mol. The van der Waals surface area contributed by atoms with Crippen molar-refractivity contribution in [3.63, 3.8) is 0 Å². The van der Waals surface area contributed by atoms with Crippen molar-refractivity contribution in [1.29, 1.82) is 0 Å². The molecule has 2 aromatic heterocycles. The van der Waals surface area contributed by atoms with Crippen LogP contribution in [0.15, 0.2) is 12.4 Å². The molecule has 0 saturated heterocycles. The first-order chi connectivity index (χ1) is 8.47. The Morgan fingerprint density at radius 2 is 2.22 bits per heavy atom. The van der Waals surface area contributed by atoms with Crippen LogP contribution in [0, 0.1) is 6.92 Å². The maximum absolute atomic E-state index is 12.2. The molecule has 0 fully saturated rings. The Morgan fingerprint density at radius 3 is 2.78 bits per heavy atom. The quantitative estimate of drug-likeness (QED) is 0.926. The molecule has 2 aromatic rings. The van der Waals surface area contributed by atoms with Crippen LogP contribution in [0.1, 0.15) is 40.1 Å². The van der Waals surface area contributed by atoms with Gasteiger partial charge in [-0.25, -0.2) is 4.98 Å². The number of carbonyl (C=O) groups is 1.